The van der Waals surface area contributed by atoms with Gasteiger partial charge in [-0.05, 0) is 49.4 Å². The SMILES string of the molecule is Cl.O=C(NCC[C@H]1CCCN1)c1ccc(-c2nccc3ccccc23)cc1. The first-order chi connectivity index (χ1) is 12.8. The number of pyridine rings is 1. The summed E-state index contributed by atoms with van der Waals surface area (Å²) in [5.74, 6) is -0.0135. The number of halogens is 1. The summed E-state index contributed by atoms with van der Waals surface area (Å²) in [6.45, 7) is 1.81. The molecule has 2 aromatic carbocycles. The number of hydrogen-bond donors (Lipinski definition) is 2. The summed E-state index contributed by atoms with van der Waals surface area (Å²) in [5.41, 5.74) is 2.66. The van der Waals surface area contributed by atoms with Crippen LogP contribution in [-0.2, 0) is 0 Å². The van der Waals surface area contributed by atoms with E-state index in [4.69, 9.17) is 0 Å². The maximum Gasteiger partial charge on any atom is 0.251 e. The highest BCUT2D eigenvalue weighted by atomic mass is 35.5. The molecule has 4 rings (SSSR count). The van der Waals surface area contributed by atoms with E-state index in [1.165, 1.54) is 18.2 Å². The molecule has 27 heavy (non-hydrogen) atoms. The fourth-order valence-corrected chi connectivity index (χ4v) is 3.59. The Morgan fingerprint density at radius 3 is 2.70 bits per heavy atom. The van der Waals surface area contributed by atoms with Crippen molar-refractivity contribution < 1.29 is 4.79 Å². The molecule has 140 valence electrons. The second-order valence-electron chi connectivity index (χ2n) is 6.80. The van der Waals surface area contributed by atoms with Gasteiger partial charge in [-0.1, -0.05) is 36.4 Å². The van der Waals surface area contributed by atoms with Gasteiger partial charge >= 0.3 is 0 Å². The lowest BCUT2D eigenvalue weighted by molar-refractivity contribution is 0.0952. The van der Waals surface area contributed by atoms with Crippen LogP contribution in [0.5, 0.6) is 0 Å². The molecule has 1 aliphatic heterocycles. The summed E-state index contributed by atoms with van der Waals surface area (Å²) < 4.78 is 0. The molecule has 0 radical (unpaired) electrons. The largest absolute Gasteiger partial charge is 0.352 e. The smallest absolute Gasteiger partial charge is 0.251 e. The Morgan fingerprint density at radius 1 is 1.11 bits per heavy atom. The Labute approximate surface area is 165 Å². The minimum Gasteiger partial charge on any atom is -0.352 e. The van der Waals surface area contributed by atoms with Gasteiger partial charge in [-0.2, -0.15) is 0 Å². The summed E-state index contributed by atoms with van der Waals surface area (Å²) in [6, 6.07) is 18.5. The molecule has 2 heterocycles. The normalized spacial score (nSPS) is 16.1. The first kappa shape index (κ1) is 19.3. The number of rotatable bonds is 5. The predicted octanol–water partition coefficient (Wildman–Crippen LogP) is 4.20. The molecule has 3 aromatic rings. The minimum absolute atomic E-state index is 0. The Hall–Kier alpha value is -2.43. The summed E-state index contributed by atoms with van der Waals surface area (Å²) in [6.07, 6.45) is 5.27. The monoisotopic (exact) mass is 381 g/mol. The van der Waals surface area contributed by atoms with Gasteiger partial charge in [-0.25, -0.2) is 0 Å². The van der Waals surface area contributed by atoms with Gasteiger partial charge in [0.1, 0.15) is 0 Å². The Morgan fingerprint density at radius 2 is 1.93 bits per heavy atom. The van der Waals surface area contributed by atoms with Crippen molar-refractivity contribution in [1.29, 1.82) is 0 Å². The van der Waals surface area contributed by atoms with Gasteiger partial charge in [-0.3, -0.25) is 9.78 Å². The molecular weight excluding hydrogens is 358 g/mol. The third-order valence-corrected chi connectivity index (χ3v) is 5.03. The lowest BCUT2D eigenvalue weighted by atomic mass is 10.0. The number of nitrogens with one attached hydrogen (secondary N) is 2. The van der Waals surface area contributed by atoms with E-state index in [-0.39, 0.29) is 18.3 Å². The van der Waals surface area contributed by atoms with Crippen molar-refractivity contribution in [3.8, 4) is 11.3 Å². The van der Waals surface area contributed by atoms with Crippen LogP contribution in [-0.4, -0.2) is 30.0 Å². The van der Waals surface area contributed by atoms with Crippen molar-refractivity contribution in [3.63, 3.8) is 0 Å². The quantitative estimate of drug-likeness (QED) is 0.696. The van der Waals surface area contributed by atoms with E-state index in [1.807, 2.05) is 48.7 Å². The number of benzene rings is 2. The van der Waals surface area contributed by atoms with Crippen LogP contribution in [0.25, 0.3) is 22.0 Å². The van der Waals surface area contributed by atoms with Crippen molar-refractivity contribution in [2.45, 2.75) is 25.3 Å². The molecule has 1 fully saturated rings. The van der Waals surface area contributed by atoms with Gasteiger partial charge in [0.15, 0.2) is 0 Å². The number of amides is 1. The van der Waals surface area contributed by atoms with Crippen molar-refractivity contribution >= 4 is 29.1 Å². The van der Waals surface area contributed by atoms with E-state index in [2.05, 4.69) is 27.8 Å². The molecule has 4 nitrogen and oxygen atoms in total. The molecule has 0 aliphatic carbocycles. The van der Waals surface area contributed by atoms with Gasteiger partial charge in [0, 0.05) is 35.3 Å². The Kier molecular flexibility index (Phi) is 6.43. The number of fused-ring (bicyclic) bond motifs is 1. The fraction of sp³-hybridized carbons (Fsp3) is 0.273. The molecule has 0 unspecified atom stereocenters. The highest BCUT2D eigenvalue weighted by molar-refractivity contribution is 5.97. The third-order valence-electron chi connectivity index (χ3n) is 5.03. The first-order valence-corrected chi connectivity index (χ1v) is 9.27. The highest BCUT2D eigenvalue weighted by Gasteiger charge is 2.14. The highest BCUT2D eigenvalue weighted by Crippen LogP contribution is 2.26. The average Bonchev–Trinajstić information content (AvgIpc) is 3.21. The first-order valence-electron chi connectivity index (χ1n) is 9.27. The van der Waals surface area contributed by atoms with Crippen LogP contribution in [0.3, 0.4) is 0 Å². The van der Waals surface area contributed by atoms with E-state index < -0.39 is 0 Å². The predicted molar refractivity (Wildman–Crippen MR) is 112 cm³/mol. The van der Waals surface area contributed by atoms with Gasteiger partial charge in [0.05, 0.1) is 5.69 Å². The summed E-state index contributed by atoms with van der Waals surface area (Å²) >= 11 is 0. The lowest BCUT2D eigenvalue weighted by Crippen LogP contribution is -2.30. The van der Waals surface area contributed by atoms with Crippen molar-refractivity contribution in [3.05, 3.63) is 66.4 Å². The molecule has 0 saturated carbocycles. The zero-order chi connectivity index (χ0) is 17.8. The van der Waals surface area contributed by atoms with E-state index in [0.29, 0.717) is 18.2 Å². The summed E-state index contributed by atoms with van der Waals surface area (Å²) in [7, 11) is 0. The number of nitrogens with zero attached hydrogens (tertiary/aromatic N) is 1. The van der Waals surface area contributed by atoms with Crippen LogP contribution in [0.15, 0.2) is 60.8 Å². The molecule has 1 aliphatic rings. The van der Waals surface area contributed by atoms with E-state index in [0.717, 1.165) is 29.6 Å². The van der Waals surface area contributed by atoms with E-state index >= 15 is 0 Å². The molecule has 1 amide bonds. The minimum atomic E-state index is -0.0135. The van der Waals surface area contributed by atoms with Crippen LogP contribution in [0.2, 0.25) is 0 Å². The molecule has 1 aromatic heterocycles. The Bertz CT molecular complexity index is 900. The van der Waals surface area contributed by atoms with Gasteiger partial charge in [0.2, 0.25) is 0 Å². The van der Waals surface area contributed by atoms with Crippen molar-refractivity contribution in [2.75, 3.05) is 13.1 Å². The zero-order valence-corrected chi connectivity index (χ0v) is 16.0. The standard InChI is InChI=1S/C22H23N3O.ClH/c26-22(25-15-12-19-5-3-13-23-19)18-9-7-17(8-10-18)21-20-6-2-1-4-16(20)11-14-24-21;/h1-2,4,6-11,14,19,23H,3,5,12-13,15H2,(H,25,26);1H/t19-;/m1./s1. The topological polar surface area (TPSA) is 54.0 Å². The molecule has 1 atom stereocenters. The Balaban J connectivity index is 0.00000210. The summed E-state index contributed by atoms with van der Waals surface area (Å²) in [5, 5.41) is 8.76. The van der Waals surface area contributed by atoms with E-state index in [9.17, 15) is 4.79 Å². The van der Waals surface area contributed by atoms with Crippen LogP contribution in [0.4, 0.5) is 0 Å². The summed E-state index contributed by atoms with van der Waals surface area (Å²) in [4.78, 5) is 16.9. The molecule has 0 bridgehead atoms. The second kappa shape index (κ2) is 8.98. The van der Waals surface area contributed by atoms with Crippen molar-refractivity contribution in [1.82, 2.24) is 15.6 Å². The van der Waals surface area contributed by atoms with Crippen LogP contribution in [0.1, 0.15) is 29.6 Å². The number of carbonyl (C=O) groups is 1. The van der Waals surface area contributed by atoms with Crippen LogP contribution in [0, 0.1) is 0 Å². The molecule has 1 saturated heterocycles. The van der Waals surface area contributed by atoms with Gasteiger partial charge in [0.25, 0.3) is 5.91 Å². The maximum atomic E-state index is 12.3. The van der Waals surface area contributed by atoms with Gasteiger partial charge in [-0.15, -0.1) is 12.4 Å². The van der Waals surface area contributed by atoms with Crippen molar-refractivity contribution in [2.24, 2.45) is 0 Å². The fourth-order valence-electron chi connectivity index (χ4n) is 3.59. The second-order valence-corrected chi connectivity index (χ2v) is 6.80. The van der Waals surface area contributed by atoms with Crippen LogP contribution < -0.4 is 10.6 Å². The van der Waals surface area contributed by atoms with Gasteiger partial charge < -0.3 is 10.6 Å². The molecule has 0 spiro atoms. The molecule has 5 heteroatoms. The van der Waals surface area contributed by atoms with E-state index in [1.54, 1.807) is 0 Å². The third kappa shape index (κ3) is 4.46. The number of aromatic nitrogens is 1. The molecule has 2 N–H and O–H groups in total. The average molecular weight is 382 g/mol. The zero-order valence-electron chi connectivity index (χ0n) is 15.2. The van der Waals surface area contributed by atoms with Crippen LogP contribution >= 0.6 is 12.4 Å². The maximum absolute atomic E-state index is 12.3. The number of hydrogen-bond acceptors (Lipinski definition) is 3. The number of carbonyl (C=O) groups excluding carboxylic acids is 1. The lowest BCUT2D eigenvalue weighted by Gasteiger charge is -2.11. The molecular formula is C22H24ClN3O.